The first-order chi connectivity index (χ1) is 5.27. The molecule has 0 bridgehead atoms. The third-order valence-electron chi connectivity index (χ3n) is 2.22. The van der Waals surface area contributed by atoms with E-state index in [-0.39, 0.29) is 0 Å². The normalized spacial score (nSPS) is 20.2. The smallest absolute Gasteiger partial charge is 0.0477 e. The molecule has 0 heterocycles. The van der Waals surface area contributed by atoms with E-state index in [0.717, 1.165) is 26.2 Å². The van der Waals surface area contributed by atoms with E-state index in [1.807, 2.05) is 6.92 Å². The van der Waals surface area contributed by atoms with Crippen LogP contribution in [-0.2, 0) is 4.74 Å². The van der Waals surface area contributed by atoms with Gasteiger partial charge in [0, 0.05) is 18.8 Å². The zero-order chi connectivity index (χ0) is 8.16. The van der Waals surface area contributed by atoms with Crippen molar-refractivity contribution in [2.24, 2.45) is 0 Å². The van der Waals surface area contributed by atoms with E-state index >= 15 is 0 Å². The van der Waals surface area contributed by atoms with Gasteiger partial charge in [-0.2, -0.15) is 0 Å². The summed E-state index contributed by atoms with van der Waals surface area (Å²) in [5.41, 5.74) is 0.492. The van der Waals surface area contributed by atoms with Gasteiger partial charge in [-0.15, -0.1) is 0 Å². The van der Waals surface area contributed by atoms with Crippen LogP contribution < -0.4 is 5.32 Å². The van der Waals surface area contributed by atoms with Gasteiger partial charge in [-0.3, -0.25) is 0 Å². The Morgan fingerprint density at radius 1 is 1.45 bits per heavy atom. The molecule has 0 saturated heterocycles. The van der Waals surface area contributed by atoms with Crippen LogP contribution in [0.1, 0.15) is 33.1 Å². The second kappa shape index (κ2) is 4.07. The molecule has 1 saturated carbocycles. The van der Waals surface area contributed by atoms with E-state index in [4.69, 9.17) is 4.74 Å². The minimum Gasteiger partial charge on any atom is -0.382 e. The third kappa shape index (κ3) is 3.73. The molecule has 0 unspecified atom stereocenters. The van der Waals surface area contributed by atoms with Gasteiger partial charge in [-0.1, -0.05) is 0 Å². The van der Waals surface area contributed by atoms with Crippen LogP contribution in [0, 0.1) is 0 Å². The Labute approximate surface area is 69.3 Å². The summed E-state index contributed by atoms with van der Waals surface area (Å²) in [6.07, 6.45) is 3.84. The molecule has 0 radical (unpaired) electrons. The van der Waals surface area contributed by atoms with E-state index in [9.17, 15) is 0 Å². The van der Waals surface area contributed by atoms with Gasteiger partial charge >= 0.3 is 0 Å². The molecule has 0 spiro atoms. The number of rotatable bonds is 6. The molecule has 1 rings (SSSR count). The molecule has 1 aliphatic carbocycles. The Bertz CT molecular complexity index is 110. The van der Waals surface area contributed by atoms with Gasteiger partial charge in [0.2, 0.25) is 0 Å². The minimum absolute atomic E-state index is 0.492. The van der Waals surface area contributed by atoms with E-state index in [2.05, 4.69) is 12.2 Å². The van der Waals surface area contributed by atoms with E-state index in [0.29, 0.717) is 5.54 Å². The fourth-order valence-electron chi connectivity index (χ4n) is 1.07. The van der Waals surface area contributed by atoms with Gasteiger partial charge in [0.05, 0.1) is 0 Å². The van der Waals surface area contributed by atoms with Crippen LogP contribution in [0.15, 0.2) is 0 Å². The Morgan fingerprint density at radius 3 is 2.73 bits per heavy atom. The van der Waals surface area contributed by atoms with Crippen LogP contribution in [0.3, 0.4) is 0 Å². The van der Waals surface area contributed by atoms with Crippen molar-refractivity contribution in [3.63, 3.8) is 0 Å². The van der Waals surface area contributed by atoms with Crippen LogP contribution in [0.25, 0.3) is 0 Å². The van der Waals surface area contributed by atoms with Gasteiger partial charge < -0.3 is 10.1 Å². The Hall–Kier alpha value is -0.0800. The van der Waals surface area contributed by atoms with E-state index in [1.165, 1.54) is 12.8 Å². The molecule has 2 nitrogen and oxygen atoms in total. The molecule has 11 heavy (non-hydrogen) atoms. The average Bonchev–Trinajstić information content (AvgIpc) is 2.69. The first kappa shape index (κ1) is 9.01. The second-order valence-corrected chi connectivity index (χ2v) is 3.54. The summed E-state index contributed by atoms with van der Waals surface area (Å²) in [6.45, 7) is 7.18. The summed E-state index contributed by atoms with van der Waals surface area (Å²) in [5, 5.41) is 3.51. The van der Waals surface area contributed by atoms with Crippen molar-refractivity contribution in [3.05, 3.63) is 0 Å². The number of ether oxygens (including phenoxy) is 1. The lowest BCUT2D eigenvalue weighted by atomic mass is 10.3. The summed E-state index contributed by atoms with van der Waals surface area (Å²) in [7, 11) is 0. The van der Waals surface area contributed by atoms with Crippen molar-refractivity contribution in [1.29, 1.82) is 0 Å². The molecule has 1 fully saturated rings. The van der Waals surface area contributed by atoms with Crippen LogP contribution in [0.4, 0.5) is 0 Å². The van der Waals surface area contributed by atoms with Crippen LogP contribution in [-0.4, -0.2) is 25.3 Å². The van der Waals surface area contributed by atoms with Gasteiger partial charge in [-0.25, -0.2) is 0 Å². The first-order valence-electron chi connectivity index (χ1n) is 4.60. The second-order valence-electron chi connectivity index (χ2n) is 3.54. The number of nitrogens with one attached hydrogen (secondary N) is 1. The molecule has 66 valence electrons. The fourth-order valence-corrected chi connectivity index (χ4v) is 1.07. The monoisotopic (exact) mass is 157 g/mol. The average molecular weight is 157 g/mol. The van der Waals surface area contributed by atoms with Gasteiger partial charge in [0.1, 0.15) is 0 Å². The van der Waals surface area contributed by atoms with Crippen molar-refractivity contribution in [2.75, 3.05) is 19.8 Å². The number of hydrogen-bond donors (Lipinski definition) is 1. The highest BCUT2D eigenvalue weighted by Gasteiger charge is 2.35. The molecule has 0 aromatic rings. The van der Waals surface area contributed by atoms with Gasteiger partial charge in [-0.05, 0) is 39.7 Å². The summed E-state index contributed by atoms with van der Waals surface area (Å²) in [5.74, 6) is 0. The van der Waals surface area contributed by atoms with Crippen LogP contribution in [0.5, 0.6) is 0 Å². The van der Waals surface area contributed by atoms with E-state index < -0.39 is 0 Å². The molecular weight excluding hydrogens is 138 g/mol. The highest BCUT2D eigenvalue weighted by Crippen LogP contribution is 2.33. The maximum absolute atomic E-state index is 5.23. The molecule has 0 atom stereocenters. The zero-order valence-corrected chi connectivity index (χ0v) is 7.65. The van der Waals surface area contributed by atoms with Gasteiger partial charge in [0.25, 0.3) is 0 Å². The molecule has 2 heteroatoms. The fraction of sp³-hybridized carbons (Fsp3) is 1.00. The summed E-state index contributed by atoms with van der Waals surface area (Å²) < 4.78 is 5.23. The van der Waals surface area contributed by atoms with Crippen molar-refractivity contribution < 1.29 is 4.74 Å². The van der Waals surface area contributed by atoms with Crippen LogP contribution in [0.2, 0.25) is 0 Å². The number of hydrogen-bond acceptors (Lipinski definition) is 2. The standard InChI is InChI=1S/C9H19NO/c1-3-11-8-4-7-10-9(2)5-6-9/h10H,3-8H2,1-2H3. The lowest BCUT2D eigenvalue weighted by molar-refractivity contribution is 0.144. The van der Waals surface area contributed by atoms with Crippen molar-refractivity contribution in [3.8, 4) is 0 Å². The van der Waals surface area contributed by atoms with Crippen LogP contribution >= 0.6 is 0 Å². The molecule has 1 aliphatic rings. The molecule has 0 aliphatic heterocycles. The first-order valence-corrected chi connectivity index (χ1v) is 4.60. The van der Waals surface area contributed by atoms with Gasteiger partial charge in [0.15, 0.2) is 0 Å². The summed E-state index contributed by atoms with van der Waals surface area (Å²) in [6, 6.07) is 0. The lowest BCUT2D eigenvalue weighted by Gasteiger charge is -2.10. The largest absolute Gasteiger partial charge is 0.382 e. The quantitative estimate of drug-likeness (QED) is 0.591. The third-order valence-corrected chi connectivity index (χ3v) is 2.22. The maximum Gasteiger partial charge on any atom is 0.0477 e. The molecule has 0 amide bonds. The molecular formula is C9H19NO. The highest BCUT2D eigenvalue weighted by atomic mass is 16.5. The maximum atomic E-state index is 5.23. The predicted molar refractivity (Wildman–Crippen MR) is 46.8 cm³/mol. The minimum atomic E-state index is 0.492. The lowest BCUT2D eigenvalue weighted by Crippen LogP contribution is -2.29. The van der Waals surface area contributed by atoms with E-state index in [1.54, 1.807) is 0 Å². The predicted octanol–water partition coefficient (Wildman–Crippen LogP) is 1.56. The molecule has 0 aromatic heterocycles. The Morgan fingerprint density at radius 2 is 2.18 bits per heavy atom. The highest BCUT2D eigenvalue weighted by molar-refractivity contribution is 4.97. The zero-order valence-electron chi connectivity index (χ0n) is 7.65. The molecule has 0 aromatic carbocycles. The topological polar surface area (TPSA) is 21.3 Å². The SMILES string of the molecule is CCOCCCNC1(C)CC1. The van der Waals surface area contributed by atoms with Crippen molar-refractivity contribution in [1.82, 2.24) is 5.32 Å². The molecule has 1 N–H and O–H groups in total. The summed E-state index contributed by atoms with van der Waals surface area (Å²) in [4.78, 5) is 0. The summed E-state index contributed by atoms with van der Waals surface area (Å²) >= 11 is 0. The van der Waals surface area contributed by atoms with Crippen molar-refractivity contribution in [2.45, 2.75) is 38.6 Å². The Kier molecular flexibility index (Phi) is 3.34. The van der Waals surface area contributed by atoms with Crippen molar-refractivity contribution >= 4 is 0 Å². The Balaban J connectivity index is 1.81.